The van der Waals surface area contributed by atoms with E-state index in [4.69, 9.17) is 4.74 Å². The van der Waals surface area contributed by atoms with Crippen LogP contribution in [0.1, 0.15) is 37.7 Å². The number of rotatable bonds is 5. The van der Waals surface area contributed by atoms with Crippen molar-refractivity contribution >= 4 is 5.91 Å². The van der Waals surface area contributed by atoms with E-state index in [2.05, 4.69) is 19.1 Å². The van der Waals surface area contributed by atoms with Crippen molar-refractivity contribution in [3.63, 3.8) is 0 Å². The summed E-state index contributed by atoms with van der Waals surface area (Å²) in [6.07, 6.45) is 2.98. The van der Waals surface area contributed by atoms with Gasteiger partial charge in [0, 0.05) is 26.8 Å². The maximum atomic E-state index is 12.7. The summed E-state index contributed by atoms with van der Waals surface area (Å²) >= 11 is 0. The molecule has 0 aliphatic carbocycles. The van der Waals surface area contributed by atoms with Crippen LogP contribution in [0.2, 0.25) is 0 Å². The van der Waals surface area contributed by atoms with Crippen LogP contribution in [0.15, 0.2) is 30.3 Å². The van der Waals surface area contributed by atoms with Gasteiger partial charge in [0.2, 0.25) is 5.91 Å². The van der Waals surface area contributed by atoms with Crippen LogP contribution in [0.3, 0.4) is 0 Å². The Morgan fingerprint density at radius 3 is 2.50 bits per heavy atom. The van der Waals surface area contributed by atoms with Crippen LogP contribution >= 0.6 is 0 Å². The van der Waals surface area contributed by atoms with Crippen molar-refractivity contribution in [2.24, 2.45) is 5.92 Å². The molecule has 0 spiro atoms. The van der Waals surface area contributed by atoms with E-state index in [9.17, 15) is 4.79 Å². The summed E-state index contributed by atoms with van der Waals surface area (Å²) in [4.78, 5) is 14.7. The third-order valence-corrected chi connectivity index (χ3v) is 4.24. The summed E-state index contributed by atoms with van der Waals surface area (Å²) < 4.78 is 5.21. The third-order valence-electron chi connectivity index (χ3n) is 4.24. The number of methoxy groups -OCH3 is 1. The van der Waals surface area contributed by atoms with E-state index < -0.39 is 0 Å². The first-order valence-electron chi connectivity index (χ1n) is 7.59. The van der Waals surface area contributed by atoms with Crippen molar-refractivity contribution in [3.05, 3.63) is 35.9 Å². The molecule has 1 aliphatic rings. The quantitative estimate of drug-likeness (QED) is 0.826. The van der Waals surface area contributed by atoms with E-state index in [0.29, 0.717) is 5.92 Å². The second kappa shape index (κ2) is 7.44. The molecule has 0 bridgehead atoms. The standard InChI is InChI=1S/C17H25NO2/c1-3-16(15-7-5-4-6-8-15)17(19)18-11-9-14(10-12-18)13-20-2/h4-8,14,16H,3,9-13H2,1-2H3. The number of nitrogens with zero attached hydrogens (tertiary/aromatic N) is 1. The Morgan fingerprint density at radius 1 is 1.30 bits per heavy atom. The monoisotopic (exact) mass is 275 g/mol. The molecule has 1 aromatic carbocycles. The summed E-state index contributed by atoms with van der Waals surface area (Å²) in [5, 5.41) is 0. The smallest absolute Gasteiger partial charge is 0.230 e. The van der Waals surface area contributed by atoms with Crippen molar-refractivity contribution in [1.29, 1.82) is 0 Å². The molecule has 1 unspecified atom stereocenters. The fourth-order valence-electron chi connectivity index (χ4n) is 3.01. The van der Waals surface area contributed by atoms with Crippen LogP contribution in [-0.2, 0) is 9.53 Å². The zero-order chi connectivity index (χ0) is 14.4. The number of hydrogen-bond donors (Lipinski definition) is 0. The Morgan fingerprint density at radius 2 is 1.95 bits per heavy atom. The lowest BCUT2D eigenvalue weighted by Crippen LogP contribution is -2.41. The Kier molecular flexibility index (Phi) is 5.60. The number of carbonyl (C=O) groups is 1. The van der Waals surface area contributed by atoms with Crippen LogP contribution in [0.4, 0.5) is 0 Å². The SMILES string of the molecule is CCC(C(=O)N1CCC(COC)CC1)c1ccccc1. The lowest BCUT2D eigenvalue weighted by molar-refractivity contribution is -0.134. The number of amides is 1. The summed E-state index contributed by atoms with van der Waals surface area (Å²) in [5.74, 6) is 0.908. The van der Waals surface area contributed by atoms with Crippen molar-refractivity contribution in [2.45, 2.75) is 32.1 Å². The molecule has 0 aromatic heterocycles. The van der Waals surface area contributed by atoms with E-state index in [1.54, 1.807) is 7.11 Å². The van der Waals surface area contributed by atoms with Gasteiger partial charge in [-0.3, -0.25) is 4.79 Å². The highest BCUT2D eigenvalue weighted by Crippen LogP contribution is 2.25. The first-order valence-corrected chi connectivity index (χ1v) is 7.59. The molecule has 1 fully saturated rings. The minimum absolute atomic E-state index is 0.00942. The van der Waals surface area contributed by atoms with Crippen LogP contribution in [0.25, 0.3) is 0 Å². The Hall–Kier alpha value is -1.35. The second-order valence-corrected chi connectivity index (χ2v) is 5.60. The maximum absolute atomic E-state index is 12.7. The Bertz CT molecular complexity index is 410. The lowest BCUT2D eigenvalue weighted by atomic mass is 9.92. The molecular formula is C17H25NO2. The fourth-order valence-corrected chi connectivity index (χ4v) is 3.01. The number of piperidine rings is 1. The van der Waals surface area contributed by atoms with Gasteiger partial charge in [-0.15, -0.1) is 0 Å². The number of hydrogen-bond acceptors (Lipinski definition) is 2. The molecule has 110 valence electrons. The summed E-state index contributed by atoms with van der Waals surface area (Å²) in [5.41, 5.74) is 1.14. The molecule has 20 heavy (non-hydrogen) atoms. The molecule has 0 saturated carbocycles. The molecule has 1 atom stereocenters. The van der Waals surface area contributed by atoms with Crippen LogP contribution in [-0.4, -0.2) is 37.6 Å². The molecule has 3 heteroatoms. The zero-order valence-corrected chi connectivity index (χ0v) is 12.5. The minimum Gasteiger partial charge on any atom is -0.384 e. The molecule has 1 aromatic rings. The number of benzene rings is 1. The van der Waals surface area contributed by atoms with E-state index >= 15 is 0 Å². The van der Waals surface area contributed by atoms with Gasteiger partial charge in [-0.25, -0.2) is 0 Å². The van der Waals surface area contributed by atoms with Gasteiger partial charge in [0.1, 0.15) is 0 Å². The van der Waals surface area contributed by atoms with Gasteiger partial charge < -0.3 is 9.64 Å². The van der Waals surface area contributed by atoms with Gasteiger partial charge in [-0.1, -0.05) is 37.3 Å². The topological polar surface area (TPSA) is 29.5 Å². The van der Waals surface area contributed by atoms with Crippen LogP contribution < -0.4 is 0 Å². The number of carbonyl (C=O) groups excluding carboxylic acids is 1. The summed E-state index contributed by atoms with van der Waals surface area (Å²) in [6.45, 7) is 4.65. The van der Waals surface area contributed by atoms with E-state index in [-0.39, 0.29) is 11.8 Å². The molecule has 3 nitrogen and oxygen atoms in total. The molecular weight excluding hydrogens is 250 g/mol. The highest BCUT2D eigenvalue weighted by molar-refractivity contribution is 5.83. The van der Waals surface area contributed by atoms with Gasteiger partial charge in [-0.05, 0) is 30.7 Å². The van der Waals surface area contributed by atoms with E-state index in [1.807, 2.05) is 23.1 Å². The fraction of sp³-hybridized carbons (Fsp3) is 0.588. The lowest BCUT2D eigenvalue weighted by Gasteiger charge is -2.34. The second-order valence-electron chi connectivity index (χ2n) is 5.60. The minimum atomic E-state index is 0.00942. The largest absolute Gasteiger partial charge is 0.384 e. The van der Waals surface area contributed by atoms with E-state index in [0.717, 1.165) is 44.5 Å². The predicted molar refractivity (Wildman–Crippen MR) is 80.7 cm³/mol. The molecule has 0 N–H and O–H groups in total. The molecule has 1 heterocycles. The average molecular weight is 275 g/mol. The Labute approximate surface area is 121 Å². The van der Waals surface area contributed by atoms with Gasteiger partial charge in [0.15, 0.2) is 0 Å². The normalized spacial score (nSPS) is 18.0. The highest BCUT2D eigenvalue weighted by Gasteiger charge is 2.28. The highest BCUT2D eigenvalue weighted by atomic mass is 16.5. The number of ether oxygens (including phenoxy) is 1. The third kappa shape index (κ3) is 3.60. The van der Waals surface area contributed by atoms with Gasteiger partial charge in [0.25, 0.3) is 0 Å². The van der Waals surface area contributed by atoms with Gasteiger partial charge >= 0.3 is 0 Å². The first kappa shape index (κ1) is 15.0. The zero-order valence-electron chi connectivity index (χ0n) is 12.5. The molecule has 1 amide bonds. The van der Waals surface area contributed by atoms with Gasteiger partial charge in [-0.2, -0.15) is 0 Å². The molecule has 2 rings (SSSR count). The van der Waals surface area contributed by atoms with E-state index in [1.165, 1.54) is 0 Å². The van der Waals surface area contributed by atoms with Crippen LogP contribution in [0, 0.1) is 5.92 Å². The first-order chi connectivity index (χ1) is 9.76. The van der Waals surface area contributed by atoms with Crippen molar-refractivity contribution in [2.75, 3.05) is 26.8 Å². The molecule has 1 saturated heterocycles. The summed E-state index contributed by atoms with van der Waals surface area (Å²) in [7, 11) is 1.75. The number of likely N-dealkylation sites (tertiary alicyclic amines) is 1. The Balaban J connectivity index is 1.97. The van der Waals surface area contributed by atoms with Crippen LogP contribution in [0.5, 0.6) is 0 Å². The average Bonchev–Trinajstić information content (AvgIpc) is 2.50. The van der Waals surface area contributed by atoms with Crippen molar-refractivity contribution < 1.29 is 9.53 Å². The molecule has 1 aliphatic heterocycles. The van der Waals surface area contributed by atoms with Crippen molar-refractivity contribution in [3.8, 4) is 0 Å². The van der Waals surface area contributed by atoms with Gasteiger partial charge in [0.05, 0.1) is 5.92 Å². The van der Waals surface area contributed by atoms with Crippen molar-refractivity contribution in [1.82, 2.24) is 4.90 Å². The maximum Gasteiger partial charge on any atom is 0.230 e. The predicted octanol–water partition coefficient (Wildman–Crippen LogP) is 3.07. The molecule has 0 radical (unpaired) electrons. The summed E-state index contributed by atoms with van der Waals surface area (Å²) in [6, 6.07) is 10.1.